The number of anilines is 2. The van der Waals surface area contributed by atoms with Gasteiger partial charge in [0.2, 0.25) is 5.91 Å². The second-order valence-corrected chi connectivity index (χ2v) is 5.89. The van der Waals surface area contributed by atoms with Gasteiger partial charge >= 0.3 is 0 Å². The monoisotopic (exact) mass is 246 g/mol. The van der Waals surface area contributed by atoms with Crippen LogP contribution in [-0.4, -0.2) is 13.0 Å². The van der Waals surface area contributed by atoms with E-state index in [1.807, 2.05) is 31.3 Å². The summed E-state index contributed by atoms with van der Waals surface area (Å²) in [7, 11) is 1.82. The molecule has 1 fully saturated rings. The Morgan fingerprint density at radius 2 is 2.06 bits per heavy atom. The van der Waals surface area contributed by atoms with Crippen LogP contribution in [0.25, 0.3) is 0 Å². The normalized spacial score (nSPS) is 21.8. The minimum Gasteiger partial charge on any atom is -0.397 e. The fraction of sp³-hybridized carbons (Fsp3) is 0.533. The van der Waals surface area contributed by atoms with Crippen LogP contribution in [-0.2, 0) is 4.79 Å². The Kier molecular flexibility index (Phi) is 3.33. The quantitative estimate of drug-likeness (QED) is 0.815. The molecule has 1 aromatic rings. The summed E-state index contributed by atoms with van der Waals surface area (Å²) >= 11 is 0. The molecule has 98 valence electrons. The van der Waals surface area contributed by atoms with Crippen LogP contribution in [0.2, 0.25) is 0 Å². The van der Waals surface area contributed by atoms with Crippen LogP contribution in [0, 0.1) is 11.3 Å². The highest BCUT2D eigenvalue weighted by atomic mass is 16.2. The SMILES string of the molecule is CN(C(=O)C1CCCC1(C)C)c1ccccc1N. The van der Waals surface area contributed by atoms with Gasteiger partial charge in [0.05, 0.1) is 11.4 Å². The molecule has 0 spiro atoms. The number of carbonyl (C=O) groups is 1. The first-order valence-corrected chi connectivity index (χ1v) is 6.55. The molecule has 2 rings (SSSR count). The van der Waals surface area contributed by atoms with E-state index in [0.717, 1.165) is 24.9 Å². The van der Waals surface area contributed by atoms with Gasteiger partial charge in [0, 0.05) is 13.0 Å². The van der Waals surface area contributed by atoms with Crippen molar-refractivity contribution in [2.24, 2.45) is 11.3 Å². The van der Waals surface area contributed by atoms with Crippen molar-refractivity contribution in [3.63, 3.8) is 0 Å². The molecular formula is C15H22N2O. The average Bonchev–Trinajstić information content (AvgIpc) is 2.68. The number of benzene rings is 1. The molecule has 0 saturated heterocycles. The molecule has 1 aromatic carbocycles. The lowest BCUT2D eigenvalue weighted by Gasteiger charge is -2.30. The number of carbonyl (C=O) groups excluding carboxylic acids is 1. The Morgan fingerprint density at radius 3 is 2.61 bits per heavy atom. The number of hydrogen-bond acceptors (Lipinski definition) is 2. The van der Waals surface area contributed by atoms with Crippen LogP contribution in [0.3, 0.4) is 0 Å². The fourth-order valence-electron chi connectivity index (χ4n) is 2.93. The van der Waals surface area contributed by atoms with Crippen molar-refractivity contribution in [1.82, 2.24) is 0 Å². The third-order valence-electron chi connectivity index (χ3n) is 4.18. The first-order valence-electron chi connectivity index (χ1n) is 6.55. The van der Waals surface area contributed by atoms with E-state index >= 15 is 0 Å². The van der Waals surface area contributed by atoms with Crippen LogP contribution >= 0.6 is 0 Å². The summed E-state index contributed by atoms with van der Waals surface area (Å²) in [6.45, 7) is 4.37. The maximum absolute atomic E-state index is 12.6. The van der Waals surface area contributed by atoms with Crippen molar-refractivity contribution < 1.29 is 4.79 Å². The first-order chi connectivity index (χ1) is 8.43. The predicted octanol–water partition coefficient (Wildman–Crippen LogP) is 3.06. The highest BCUT2D eigenvalue weighted by Crippen LogP contribution is 2.44. The van der Waals surface area contributed by atoms with Gasteiger partial charge in [-0.25, -0.2) is 0 Å². The van der Waals surface area contributed by atoms with Crippen molar-refractivity contribution in [2.45, 2.75) is 33.1 Å². The molecule has 18 heavy (non-hydrogen) atoms. The second-order valence-electron chi connectivity index (χ2n) is 5.89. The number of nitrogens with zero attached hydrogens (tertiary/aromatic N) is 1. The largest absolute Gasteiger partial charge is 0.397 e. The van der Waals surface area contributed by atoms with E-state index in [-0.39, 0.29) is 17.2 Å². The molecule has 1 aliphatic rings. The summed E-state index contributed by atoms with van der Waals surface area (Å²) in [5.41, 5.74) is 7.50. The summed E-state index contributed by atoms with van der Waals surface area (Å²) in [6.07, 6.45) is 3.26. The molecule has 0 bridgehead atoms. The molecule has 0 aromatic heterocycles. The number of hydrogen-bond donors (Lipinski definition) is 1. The van der Waals surface area contributed by atoms with Gasteiger partial charge in [-0.05, 0) is 30.4 Å². The fourth-order valence-corrected chi connectivity index (χ4v) is 2.93. The average molecular weight is 246 g/mol. The van der Waals surface area contributed by atoms with Gasteiger partial charge in [0.1, 0.15) is 0 Å². The van der Waals surface area contributed by atoms with E-state index in [1.54, 1.807) is 4.90 Å². The van der Waals surface area contributed by atoms with Gasteiger partial charge in [0.15, 0.2) is 0 Å². The number of rotatable bonds is 2. The molecule has 1 amide bonds. The number of amides is 1. The molecule has 1 unspecified atom stereocenters. The zero-order valence-electron chi connectivity index (χ0n) is 11.4. The number of para-hydroxylation sites is 2. The van der Waals surface area contributed by atoms with Crippen LogP contribution in [0.15, 0.2) is 24.3 Å². The molecule has 3 heteroatoms. The maximum Gasteiger partial charge on any atom is 0.230 e. The minimum atomic E-state index is 0.106. The Bertz CT molecular complexity index is 454. The zero-order chi connectivity index (χ0) is 13.3. The molecule has 2 N–H and O–H groups in total. The van der Waals surface area contributed by atoms with Gasteiger partial charge in [-0.2, -0.15) is 0 Å². The van der Waals surface area contributed by atoms with Crippen LogP contribution < -0.4 is 10.6 Å². The van der Waals surface area contributed by atoms with Gasteiger partial charge in [-0.15, -0.1) is 0 Å². The molecule has 1 aliphatic carbocycles. The molecule has 0 aliphatic heterocycles. The molecular weight excluding hydrogens is 224 g/mol. The lowest BCUT2D eigenvalue weighted by molar-refractivity contribution is -0.124. The highest BCUT2D eigenvalue weighted by molar-refractivity contribution is 5.97. The van der Waals surface area contributed by atoms with E-state index < -0.39 is 0 Å². The molecule has 0 heterocycles. The van der Waals surface area contributed by atoms with Gasteiger partial charge < -0.3 is 10.6 Å². The van der Waals surface area contributed by atoms with Gasteiger partial charge in [0.25, 0.3) is 0 Å². The summed E-state index contributed by atoms with van der Waals surface area (Å²) in [6, 6.07) is 7.53. The molecule has 0 radical (unpaired) electrons. The van der Waals surface area contributed by atoms with Crippen molar-refractivity contribution in [1.29, 1.82) is 0 Å². The van der Waals surface area contributed by atoms with Crippen molar-refractivity contribution in [3.8, 4) is 0 Å². The summed E-state index contributed by atoms with van der Waals surface area (Å²) < 4.78 is 0. The van der Waals surface area contributed by atoms with Gasteiger partial charge in [-0.1, -0.05) is 32.4 Å². The Morgan fingerprint density at radius 1 is 1.39 bits per heavy atom. The highest BCUT2D eigenvalue weighted by Gasteiger charge is 2.40. The maximum atomic E-state index is 12.6. The van der Waals surface area contributed by atoms with Gasteiger partial charge in [-0.3, -0.25) is 4.79 Å². The lowest BCUT2D eigenvalue weighted by atomic mass is 9.81. The van der Waals surface area contributed by atoms with E-state index in [0.29, 0.717) is 5.69 Å². The second kappa shape index (κ2) is 4.63. The number of nitrogens with two attached hydrogens (primary N) is 1. The van der Waals surface area contributed by atoms with Crippen molar-refractivity contribution in [2.75, 3.05) is 17.7 Å². The molecule has 3 nitrogen and oxygen atoms in total. The zero-order valence-corrected chi connectivity index (χ0v) is 11.4. The van der Waals surface area contributed by atoms with Crippen molar-refractivity contribution >= 4 is 17.3 Å². The summed E-state index contributed by atoms with van der Waals surface area (Å²) in [4.78, 5) is 14.3. The molecule has 1 atom stereocenters. The first kappa shape index (κ1) is 12.9. The molecule has 1 saturated carbocycles. The minimum absolute atomic E-state index is 0.106. The van der Waals surface area contributed by atoms with Crippen molar-refractivity contribution in [3.05, 3.63) is 24.3 Å². The third-order valence-corrected chi connectivity index (χ3v) is 4.18. The van der Waals surface area contributed by atoms with E-state index in [4.69, 9.17) is 5.73 Å². The number of nitrogen functional groups attached to an aromatic ring is 1. The third kappa shape index (κ3) is 2.22. The predicted molar refractivity (Wildman–Crippen MR) is 75.4 cm³/mol. The van der Waals surface area contributed by atoms with Crippen LogP contribution in [0.4, 0.5) is 11.4 Å². The van der Waals surface area contributed by atoms with Crippen LogP contribution in [0.5, 0.6) is 0 Å². The lowest BCUT2D eigenvalue weighted by Crippen LogP contribution is -2.38. The smallest absolute Gasteiger partial charge is 0.230 e. The van der Waals surface area contributed by atoms with E-state index in [1.165, 1.54) is 0 Å². The summed E-state index contributed by atoms with van der Waals surface area (Å²) in [5, 5.41) is 0. The Labute approximate surface area is 109 Å². The van der Waals surface area contributed by atoms with E-state index in [2.05, 4.69) is 13.8 Å². The standard InChI is InChI=1S/C15H22N2O/c1-15(2)10-6-7-11(15)14(18)17(3)13-9-5-4-8-12(13)16/h4-5,8-9,11H,6-7,10,16H2,1-3H3. The van der Waals surface area contributed by atoms with Crippen LogP contribution in [0.1, 0.15) is 33.1 Å². The summed E-state index contributed by atoms with van der Waals surface area (Å²) in [5.74, 6) is 0.303. The topological polar surface area (TPSA) is 46.3 Å². The Hall–Kier alpha value is -1.51. The Balaban J connectivity index is 2.22. The van der Waals surface area contributed by atoms with E-state index in [9.17, 15) is 4.79 Å².